The van der Waals surface area contributed by atoms with Crippen LogP contribution in [0.4, 0.5) is 4.39 Å². The van der Waals surface area contributed by atoms with E-state index in [4.69, 9.17) is 22.1 Å². The van der Waals surface area contributed by atoms with Crippen molar-refractivity contribution < 1.29 is 9.13 Å². The van der Waals surface area contributed by atoms with Crippen LogP contribution in [0.3, 0.4) is 0 Å². The second kappa shape index (κ2) is 5.38. The number of halogens is 2. The summed E-state index contributed by atoms with van der Waals surface area (Å²) < 4.78 is 19.2. The summed E-state index contributed by atoms with van der Waals surface area (Å²) in [6, 6.07) is 10.1. The number of rotatable bonds is 3. The van der Waals surface area contributed by atoms with E-state index in [2.05, 4.69) is 0 Å². The molecule has 0 heterocycles. The molecule has 2 N–H and O–H groups in total. The van der Waals surface area contributed by atoms with Crippen molar-refractivity contribution in [1.82, 2.24) is 0 Å². The summed E-state index contributed by atoms with van der Waals surface area (Å²) in [5, 5.41) is 0.517. The molecule has 0 radical (unpaired) electrons. The van der Waals surface area contributed by atoms with Crippen LogP contribution >= 0.6 is 11.6 Å². The molecule has 94 valence electrons. The number of hydrogen-bond donors (Lipinski definition) is 1. The van der Waals surface area contributed by atoms with Gasteiger partial charge in [0.05, 0.1) is 0 Å². The summed E-state index contributed by atoms with van der Waals surface area (Å²) in [7, 11) is 0. The minimum Gasteiger partial charge on any atom is -0.454 e. The summed E-state index contributed by atoms with van der Waals surface area (Å²) in [5.74, 6) is 0.310. The molecular weight excluding hydrogens is 253 g/mol. The highest BCUT2D eigenvalue weighted by molar-refractivity contribution is 6.31. The summed E-state index contributed by atoms with van der Waals surface area (Å²) in [6.45, 7) is 2.05. The lowest BCUT2D eigenvalue weighted by atomic mass is 10.2. The van der Waals surface area contributed by atoms with E-state index in [0.29, 0.717) is 22.9 Å². The summed E-state index contributed by atoms with van der Waals surface area (Å²) in [4.78, 5) is 0. The Kier molecular flexibility index (Phi) is 3.84. The Morgan fingerprint density at radius 1 is 1.28 bits per heavy atom. The van der Waals surface area contributed by atoms with Gasteiger partial charge in [-0.2, -0.15) is 0 Å². The van der Waals surface area contributed by atoms with Gasteiger partial charge >= 0.3 is 0 Å². The zero-order valence-electron chi connectivity index (χ0n) is 9.91. The number of hydrogen-bond acceptors (Lipinski definition) is 2. The van der Waals surface area contributed by atoms with E-state index < -0.39 is 0 Å². The SMILES string of the molecule is Cc1cccc(Oc2ccc(CN)c(Cl)c2)c1F. The van der Waals surface area contributed by atoms with Crippen molar-refractivity contribution in [2.45, 2.75) is 13.5 Å². The minimum absolute atomic E-state index is 0.187. The van der Waals surface area contributed by atoms with Gasteiger partial charge in [-0.15, -0.1) is 0 Å². The monoisotopic (exact) mass is 265 g/mol. The van der Waals surface area contributed by atoms with Gasteiger partial charge in [0.25, 0.3) is 0 Å². The van der Waals surface area contributed by atoms with Crippen LogP contribution < -0.4 is 10.5 Å². The van der Waals surface area contributed by atoms with Gasteiger partial charge in [-0.05, 0) is 36.2 Å². The Morgan fingerprint density at radius 2 is 2.06 bits per heavy atom. The maximum Gasteiger partial charge on any atom is 0.168 e. The van der Waals surface area contributed by atoms with Crippen LogP contribution in [0.5, 0.6) is 11.5 Å². The third-order valence-electron chi connectivity index (χ3n) is 2.63. The highest BCUT2D eigenvalue weighted by Crippen LogP contribution is 2.29. The Labute approximate surface area is 110 Å². The van der Waals surface area contributed by atoms with Crippen molar-refractivity contribution in [3.8, 4) is 11.5 Å². The van der Waals surface area contributed by atoms with Gasteiger partial charge in [0, 0.05) is 11.6 Å². The normalized spacial score (nSPS) is 10.4. The van der Waals surface area contributed by atoms with Gasteiger partial charge in [0.1, 0.15) is 5.75 Å². The number of nitrogens with two attached hydrogens (primary N) is 1. The van der Waals surface area contributed by atoms with Gasteiger partial charge in [0.2, 0.25) is 0 Å². The molecule has 18 heavy (non-hydrogen) atoms. The maximum absolute atomic E-state index is 13.8. The van der Waals surface area contributed by atoms with Crippen LogP contribution in [0.1, 0.15) is 11.1 Å². The number of aryl methyl sites for hydroxylation is 1. The molecule has 0 saturated heterocycles. The first-order valence-corrected chi connectivity index (χ1v) is 5.91. The van der Waals surface area contributed by atoms with E-state index in [-0.39, 0.29) is 11.6 Å². The fourth-order valence-electron chi connectivity index (χ4n) is 1.58. The first-order chi connectivity index (χ1) is 8.61. The molecule has 2 rings (SSSR count). The smallest absolute Gasteiger partial charge is 0.168 e. The Hall–Kier alpha value is -1.58. The first kappa shape index (κ1) is 12.9. The van der Waals surface area contributed by atoms with Crippen molar-refractivity contribution in [3.05, 3.63) is 58.4 Å². The highest BCUT2D eigenvalue weighted by Gasteiger charge is 2.08. The van der Waals surface area contributed by atoms with Gasteiger partial charge < -0.3 is 10.5 Å². The van der Waals surface area contributed by atoms with Crippen molar-refractivity contribution in [1.29, 1.82) is 0 Å². The molecule has 0 aromatic heterocycles. The van der Waals surface area contributed by atoms with Gasteiger partial charge in [-0.25, -0.2) is 4.39 Å². The minimum atomic E-state index is -0.364. The van der Waals surface area contributed by atoms with Crippen molar-refractivity contribution in [2.75, 3.05) is 0 Å². The molecule has 0 fully saturated rings. The Bertz CT molecular complexity index is 572. The molecule has 4 heteroatoms. The molecule has 0 aliphatic carbocycles. The highest BCUT2D eigenvalue weighted by atomic mass is 35.5. The largest absolute Gasteiger partial charge is 0.454 e. The molecule has 2 aromatic carbocycles. The van der Waals surface area contributed by atoms with Gasteiger partial charge in [-0.1, -0.05) is 29.8 Å². The van der Waals surface area contributed by atoms with E-state index in [1.165, 1.54) is 0 Å². The van der Waals surface area contributed by atoms with Crippen LogP contribution in [0.25, 0.3) is 0 Å². The van der Waals surface area contributed by atoms with Crippen LogP contribution in [-0.2, 0) is 6.54 Å². The van der Waals surface area contributed by atoms with Crippen LogP contribution in [0.2, 0.25) is 5.02 Å². The fourth-order valence-corrected chi connectivity index (χ4v) is 1.83. The standard InChI is InChI=1S/C14H13ClFNO/c1-9-3-2-4-13(14(9)16)18-11-6-5-10(8-17)12(15)7-11/h2-7H,8,17H2,1H3. The van der Waals surface area contributed by atoms with E-state index >= 15 is 0 Å². The Morgan fingerprint density at radius 3 is 2.72 bits per heavy atom. The van der Waals surface area contributed by atoms with Crippen LogP contribution in [-0.4, -0.2) is 0 Å². The predicted octanol–water partition coefficient (Wildman–Crippen LogP) is 4.04. The molecule has 0 aliphatic heterocycles. The molecule has 0 atom stereocenters. The van der Waals surface area contributed by atoms with E-state index in [1.807, 2.05) is 0 Å². The lowest BCUT2D eigenvalue weighted by molar-refractivity contribution is 0.440. The summed E-state index contributed by atoms with van der Waals surface area (Å²) in [5.41, 5.74) is 6.88. The molecule has 0 saturated carbocycles. The second-order valence-corrected chi connectivity index (χ2v) is 4.35. The van der Waals surface area contributed by atoms with E-state index in [1.54, 1.807) is 43.3 Å². The van der Waals surface area contributed by atoms with E-state index in [9.17, 15) is 4.39 Å². The molecule has 0 unspecified atom stereocenters. The average Bonchev–Trinajstić information content (AvgIpc) is 2.35. The third-order valence-corrected chi connectivity index (χ3v) is 2.98. The van der Waals surface area contributed by atoms with Gasteiger partial charge in [0.15, 0.2) is 11.6 Å². The number of benzene rings is 2. The quantitative estimate of drug-likeness (QED) is 0.909. The maximum atomic E-state index is 13.8. The third kappa shape index (κ3) is 2.63. The van der Waals surface area contributed by atoms with Crippen molar-refractivity contribution in [3.63, 3.8) is 0 Å². The summed E-state index contributed by atoms with van der Waals surface area (Å²) >= 11 is 6.01. The molecular formula is C14H13ClFNO. The molecule has 0 amide bonds. The van der Waals surface area contributed by atoms with Crippen LogP contribution in [0, 0.1) is 12.7 Å². The summed E-state index contributed by atoms with van der Waals surface area (Å²) in [6.07, 6.45) is 0. The topological polar surface area (TPSA) is 35.2 Å². The zero-order valence-corrected chi connectivity index (χ0v) is 10.7. The van der Waals surface area contributed by atoms with E-state index in [0.717, 1.165) is 5.56 Å². The van der Waals surface area contributed by atoms with Crippen LogP contribution in [0.15, 0.2) is 36.4 Å². The van der Waals surface area contributed by atoms with Crippen molar-refractivity contribution in [2.24, 2.45) is 5.73 Å². The molecule has 2 aromatic rings. The predicted molar refractivity (Wildman–Crippen MR) is 70.6 cm³/mol. The molecule has 0 bridgehead atoms. The molecule has 2 nitrogen and oxygen atoms in total. The lowest BCUT2D eigenvalue weighted by Gasteiger charge is -2.09. The molecule has 0 aliphatic rings. The average molecular weight is 266 g/mol. The zero-order chi connectivity index (χ0) is 13.1. The Balaban J connectivity index is 2.29. The molecule has 0 spiro atoms. The fraction of sp³-hybridized carbons (Fsp3) is 0.143. The lowest BCUT2D eigenvalue weighted by Crippen LogP contribution is -1.97. The van der Waals surface area contributed by atoms with Crippen molar-refractivity contribution >= 4 is 11.6 Å². The van der Waals surface area contributed by atoms with Gasteiger partial charge in [-0.3, -0.25) is 0 Å². The first-order valence-electron chi connectivity index (χ1n) is 5.53. The second-order valence-electron chi connectivity index (χ2n) is 3.95. The number of ether oxygens (including phenoxy) is 1.